The van der Waals surface area contributed by atoms with E-state index in [2.05, 4.69) is 15.7 Å². The third-order valence-electron chi connectivity index (χ3n) is 3.39. The van der Waals surface area contributed by atoms with Crippen LogP contribution < -0.4 is 10.6 Å². The fourth-order valence-corrected chi connectivity index (χ4v) is 1.79. The van der Waals surface area contributed by atoms with E-state index in [1.54, 1.807) is 10.9 Å². The highest BCUT2D eigenvalue weighted by Crippen LogP contribution is 2.12. The fraction of sp³-hybridized carbons (Fsp3) is 0.333. The number of amides is 2. The average Bonchev–Trinajstić information content (AvgIpc) is 3.01. The van der Waals surface area contributed by atoms with Gasteiger partial charge < -0.3 is 15.7 Å². The molecular weight excluding hydrogens is 268 g/mol. The van der Waals surface area contributed by atoms with Crippen molar-refractivity contribution in [1.82, 2.24) is 15.1 Å². The van der Waals surface area contributed by atoms with Crippen LogP contribution in [0.3, 0.4) is 0 Å². The van der Waals surface area contributed by atoms with Gasteiger partial charge >= 0.3 is 6.03 Å². The van der Waals surface area contributed by atoms with Crippen LogP contribution in [0.15, 0.2) is 42.7 Å². The summed E-state index contributed by atoms with van der Waals surface area (Å²) in [7, 11) is 0. The molecule has 6 heteroatoms. The van der Waals surface area contributed by atoms with Gasteiger partial charge in [0.2, 0.25) is 0 Å². The Labute approximate surface area is 123 Å². The van der Waals surface area contributed by atoms with Gasteiger partial charge in [0.05, 0.1) is 5.69 Å². The first-order chi connectivity index (χ1) is 10.1. The number of aliphatic hydroxyl groups is 1. The summed E-state index contributed by atoms with van der Waals surface area (Å²) in [4.78, 5) is 11.8. The number of hydrogen-bond acceptors (Lipinski definition) is 3. The lowest BCUT2D eigenvalue weighted by molar-refractivity contribution is 0.204. The monoisotopic (exact) mass is 288 g/mol. The maximum Gasteiger partial charge on any atom is 0.319 e. The van der Waals surface area contributed by atoms with E-state index < -0.39 is 0 Å². The smallest absolute Gasteiger partial charge is 0.319 e. The van der Waals surface area contributed by atoms with Crippen molar-refractivity contribution in [3.63, 3.8) is 0 Å². The van der Waals surface area contributed by atoms with Crippen LogP contribution in [0.5, 0.6) is 0 Å². The van der Waals surface area contributed by atoms with Crippen molar-refractivity contribution in [2.45, 2.75) is 19.9 Å². The number of nitrogens with zero attached hydrogens (tertiary/aromatic N) is 2. The van der Waals surface area contributed by atoms with Gasteiger partial charge in [-0.05, 0) is 43.2 Å². The molecule has 0 aliphatic carbocycles. The second kappa shape index (κ2) is 6.90. The molecule has 2 atom stereocenters. The maximum absolute atomic E-state index is 11.8. The number of benzene rings is 1. The second-order valence-electron chi connectivity index (χ2n) is 5.04. The first kappa shape index (κ1) is 15.1. The molecule has 0 bridgehead atoms. The first-order valence-electron chi connectivity index (χ1n) is 6.88. The van der Waals surface area contributed by atoms with Crippen LogP contribution in [0.2, 0.25) is 0 Å². The molecule has 6 nitrogen and oxygen atoms in total. The fourth-order valence-electron chi connectivity index (χ4n) is 1.79. The predicted molar refractivity (Wildman–Crippen MR) is 81.4 cm³/mol. The lowest BCUT2D eigenvalue weighted by Gasteiger charge is -2.19. The first-order valence-corrected chi connectivity index (χ1v) is 6.88. The van der Waals surface area contributed by atoms with Crippen molar-refractivity contribution in [2.75, 3.05) is 11.9 Å². The van der Waals surface area contributed by atoms with Gasteiger partial charge in [-0.2, -0.15) is 5.10 Å². The standard InChI is InChI=1S/C15H20N4O2/c1-11(10-20)12(2)17-15(21)18-13-4-6-14(7-5-13)19-9-3-8-16-19/h3-9,11-12,20H,10H2,1-2H3,(H2,17,18,21). The Morgan fingerprint density at radius 3 is 2.62 bits per heavy atom. The zero-order valence-electron chi connectivity index (χ0n) is 12.2. The summed E-state index contributed by atoms with van der Waals surface area (Å²) in [6.07, 6.45) is 3.57. The zero-order valence-corrected chi connectivity index (χ0v) is 12.2. The van der Waals surface area contributed by atoms with Crippen LogP contribution >= 0.6 is 0 Å². The molecule has 1 heterocycles. The minimum atomic E-state index is -0.283. The van der Waals surface area contributed by atoms with E-state index in [1.165, 1.54) is 0 Å². The topological polar surface area (TPSA) is 79.2 Å². The summed E-state index contributed by atoms with van der Waals surface area (Å²) in [5, 5.41) is 18.7. The van der Waals surface area contributed by atoms with Crippen molar-refractivity contribution in [1.29, 1.82) is 0 Å². The Morgan fingerprint density at radius 1 is 1.33 bits per heavy atom. The van der Waals surface area contributed by atoms with Crippen LogP contribution in [-0.4, -0.2) is 33.6 Å². The Hall–Kier alpha value is -2.34. The minimum absolute atomic E-state index is 0.0120. The number of carbonyl (C=O) groups excluding carboxylic acids is 1. The van der Waals surface area contributed by atoms with Crippen LogP contribution in [0.1, 0.15) is 13.8 Å². The Balaban J connectivity index is 1.93. The van der Waals surface area contributed by atoms with Crippen molar-refractivity contribution < 1.29 is 9.90 Å². The van der Waals surface area contributed by atoms with Gasteiger partial charge in [0.15, 0.2) is 0 Å². The van der Waals surface area contributed by atoms with Crippen LogP contribution in [0.4, 0.5) is 10.5 Å². The molecule has 2 amide bonds. The molecule has 3 N–H and O–H groups in total. The van der Waals surface area contributed by atoms with Gasteiger partial charge in [-0.3, -0.25) is 0 Å². The molecule has 0 aliphatic heterocycles. The zero-order chi connectivity index (χ0) is 15.2. The molecule has 21 heavy (non-hydrogen) atoms. The van der Waals surface area contributed by atoms with Gasteiger partial charge in [-0.25, -0.2) is 9.48 Å². The van der Waals surface area contributed by atoms with E-state index in [0.29, 0.717) is 5.69 Å². The van der Waals surface area contributed by atoms with Crippen molar-refractivity contribution in [3.8, 4) is 5.69 Å². The maximum atomic E-state index is 11.8. The molecule has 0 saturated heterocycles. The van der Waals surface area contributed by atoms with Gasteiger partial charge in [-0.1, -0.05) is 6.92 Å². The number of carbonyl (C=O) groups is 1. The SMILES string of the molecule is CC(CO)C(C)NC(=O)Nc1ccc(-n2cccn2)cc1. The van der Waals surface area contributed by atoms with Crippen molar-refractivity contribution >= 4 is 11.7 Å². The quantitative estimate of drug-likeness (QED) is 0.787. The third kappa shape index (κ3) is 4.06. The molecule has 1 aromatic carbocycles. The van der Waals surface area contributed by atoms with E-state index in [4.69, 9.17) is 5.11 Å². The van der Waals surface area contributed by atoms with E-state index in [9.17, 15) is 4.79 Å². The summed E-state index contributed by atoms with van der Waals surface area (Å²) in [6.45, 7) is 3.78. The molecule has 0 spiro atoms. The van der Waals surface area contributed by atoms with Crippen LogP contribution in [-0.2, 0) is 0 Å². The predicted octanol–water partition coefficient (Wildman–Crippen LogP) is 2.01. The molecule has 0 aliphatic rings. The highest BCUT2D eigenvalue weighted by molar-refractivity contribution is 5.89. The third-order valence-corrected chi connectivity index (χ3v) is 3.39. The van der Waals surface area contributed by atoms with Gasteiger partial charge in [-0.15, -0.1) is 0 Å². The molecule has 2 aromatic rings. The summed E-state index contributed by atoms with van der Waals surface area (Å²) >= 11 is 0. The highest BCUT2D eigenvalue weighted by atomic mass is 16.3. The molecule has 1 aromatic heterocycles. The number of nitrogens with one attached hydrogen (secondary N) is 2. The van der Waals surface area contributed by atoms with E-state index >= 15 is 0 Å². The molecule has 0 fully saturated rings. The number of anilines is 1. The normalized spacial score (nSPS) is 13.5. The van der Waals surface area contributed by atoms with Gasteiger partial charge in [0, 0.05) is 30.7 Å². The van der Waals surface area contributed by atoms with E-state index in [0.717, 1.165) is 5.69 Å². The number of aliphatic hydroxyl groups excluding tert-OH is 1. The lowest BCUT2D eigenvalue weighted by atomic mass is 10.1. The number of aromatic nitrogens is 2. The molecule has 0 radical (unpaired) electrons. The Bertz CT molecular complexity index is 566. The lowest BCUT2D eigenvalue weighted by Crippen LogP contribution is -2.40. The molecular formula is C15H20N4O2. The second-order valence-corrected chi connectivity index (χ2v) is 5.04. The summed E-state index contributed by atoms with van der Waals surface area (Å²) in [5.74, 6) is 0.0120. The Kier molecular flexibility index (Phi) is 4.94. The minimum Gasteiger partial charge on any atom is -0.396 e. The highest BCUT2D eigenvalue weighted by Gasteiger charge is 2.13. The van der Waals surface area contributed by atoms with Gasteiger partial charge in [0.25, 0.3) is 0 Å². The van der Waals surface area contributed by atoms with Crippen LogP contribution in [0, 0.1) is 5.92 Å². The summed E-state index contributed by atoms with van der Waals surface area (Å²) < 4.78 is 1.74. The average molecular weight is 288 g/mol. The van der Waals surface area contributed by atoms with Crippen molar-refractivity contribution in [3.05, 3.63) is 42.7 Å². The number of hydrogen-bond donors (Lipinski definition) is 3. The molecule has 112 valence electrons. The number of rotatable bonds is 5. The molecule has 2 rings (SSSR count). The largest absolute Gasteiger partial charge is 0.396 e. The van der Waals surface area contributed by atoms with Crippen molar-refractivity contribution in [2.24, 2.45) is 5.92 Å². The number of urea groups is 1. The van der Waals surface area contributed by atoms with E-state index in [1.807, 2.05) is 50.4 Å². The molecule has 0 saturated carbocycles. The van der Waals surface area contributed by atoms with Crippen LogP contribution in [0.25, 0.3) is 5.69 Å². The van der Waals surface area contributed by atoms with E-state index in [-0.39, 0.29) is 24.6 Å². The Morgan fingerprint density at radius 2 is 2.05 bits per heavy atom. The summed E-state index contributed by atoms with van der Waals surface area (Å²) in [5.41, 5.74) is 1.63. The van der Waals surface area contributed by atoms with Gasteiger partial charge in [0.1, 0.15) is 0 Å². The summed E-state index contributed by atoms with van der Waals surface area (Å²) in [6, 6.07) is 8.86. The molecule has 2 unspecified atom stereocenters.